The highest BCUT2D eigenvalue weighted by Crippen LogP contribution is 2.25. The predicted molar refractivity (Wildman–Crippen MR) is 119 cm³/mol. The summed E-state index contributed by atoms with van der Waals surface area (Å²) in [6.07, 6.45) is 0.772. The average molecular weight is 424 g/mol. The van der Waals surface area contributed by atoms with Crippen LogP contribution in [-0.4, -0.2) is 29.9 Å². The first kappa shape index (κ1) is 21.5. The normalized spacial score (nSPS) is 10.5. The van der Waals surface area contributed by atoms with Crippen LogP contribution in [0.3, 0.4) is 0 Å². The maximum atomic E-state index is 12.2. The number of anilines is 1. The van der Waals surface area contributed by atoms with Crippen LogP contribution in [-0.2, 0) is 11.2 Å². The number of nitrogens with one attached hydrogen (secondary N) is 2. The number of aromatic nitrogens is 1. The zero-order valence-electron chi connectivity index (χ0n) is 17.3. The lowest BCUT2D eigenvalue weighted by molar-refractivity contribution is -0.115. The van der Waals surface area contributed by atoms with Crippen molar-refractivity contribution in [1.82, 2.24) is 10.3 Å². The molecule has 0 aliphatic rings. The van der Waals surface area contributed by atoms with Gasteiger partial charge >= 0.3 is 0 Å². The van der Waals surface area contributed by atoms with Crippen LogP contribution in [0.4, 0.5) is 5.13 Å². The largest absolute Gasteiger partial charge is 0.494 e. The number of rotatable bonds is 8. The van der Waals surface area contributed by atoms with E-state index >= 15 is 0 Å². The van der Waals surface area contributed by atoms with Crippen LogP contribution in [0.15, 0.2) is 48.5 Å². The Kier molecular flexibility index (Phi) is 7.19. The second-order valence-corrected chi connectivity index (χ2v) is 7.96. The summed E-state index contributed by atoms with van der Waals surface area (Å²) in [4.78, 5) is 30.0. The number of hydrogen-bond donors (Lipinski definition) is 2. The number of carbonyl (C=O) groups excluding carboxylic acids is 2. The molecule has 3 rings (SSSR count). The fourth-order valence-electron chi connectivity index (χ4n) is 2.83. The lowest BCUT2D eigenvalue weighted by Crippen LogP contribution is -2.32. The highest BCUT2D eigenvalue weighted by Gasteiger charge is 2.13. The van der Waals surface area contributed by atoms with Gasteiger partial charge in [0.05, 0.1) is 18.8 Å². The Bertz CT molecular complexity index is 1010. The van der Waals surface area contributed by atoms with Gasteiger partial charge in [-0.1, -0.05) is 29.8 Å². The summed E-state index contributed by atoms with van der Waals surface area (Å²) in [5.74, 6) is 0.0703. The van der Waals surface area contributed by atoms with E-state index in [0.717, 1.165) is 17.0 Å². The molecule has 156 valence electrons. The van der Waals surface area contributed by atoms with Crippen LogP contribution >= 0.6 is 11.3 Å². The first-order valence-corrected chi connectivity index (χ1v) is 10.6. The highest BCUT2D eigenvalue weighted by atomic mass is 32.1. The molecule has 1 heterocycles. The molecule has 0 bridgehead atoms. The molecular weight excluding hydrogens is 398 g/mol. The van der Waals surface area contributed by atoms with Gasteiger partial charge in [-0.3, -0.25) is 9.59 Å². The first-order valence-electron chi connectivity index (χ1n) is 9.77. The second kappa shape index (κ2) is 10.0. The summed E-state index contributed by atoms with van der Waals surface area (Å²) in [6.45, 7) is 6.33. The highest BCUT2D eigenvalue weighted by molar-refractivity contribution is 7.15. The molecule has 2 N–H and O–H groups in total. The smallest absolute Gasteiger partial charge is 0.251 e. The van der Waals surface area contributed by atoms with E-state index in [1.165, 1.54) is 22.5 Å². The van der Waals surface area contributed by atoms with Crippen molar-refractivity contribution in [3.63, 3.8) is 0 Å². The SMILES string of the molecule is CCOc1ccc(C(=O)NCC(=O)Nc2nc(C)c(Cc3ccc(C)cc3)s2)cc1. The van der Waals surface area contributed by atoms with E-state index in [0.29, 0.717) is 23.1 Å². The van der Waals surface area contributed by atoms with E-state index < -0.39 is 0 Å². The zero-order valence-corrected chi connectivity index (χ0v) is 18.1. The van der Waals surface area contributed by atoms with Gasteiger partial charge in [0.15, 0.2) is 5.13 Å². The van der Waals surface area contributed by atoms with Crippen molar-refractivity contribution in [1.29, 1.82) is 0 Å². The Hall–Kier alpha value is -3.19. The Balaban J connectivity index is 1.52. The van der Waals surface area contributed by atoms with Crippen LogP contribution in [0.1, 0.15) is 39.0 Å². The molecule has 6 nitrogen and oxygen atoms in total. The van der Waals surface area contributed by atoms with Gasteiger partial charge in [-0.2, -0.15) is 0 Å². The maximum absolute atomic E-state index is 12.2. The molecule has 0 unspecified atom stereocenters. The molecule has 3 aromatic rings. The van der Waals surface area contributed by atoms with Gasteiger partial charge in [-0.15, -0.1) is 11.3 Å². The van der Waals surface area contributed by atoms with Crippen LogP contribution in [0, 0.1) is 13.8 Å². The molecule has 0 aliphatic heterocycles. The van der Waals surface area contributed by atoms with E-state index in [4.69, 9.17) is 4.74 Å². The first-order chi connectivity index (χ1) is 14.4. The van der Waals surface area contributed by atoms with Crippen molar-refractivity contribution in [3.05, 3.63) is 75.8 Å². The maximum Gasteiger partial charge on any atom is 0.251 e. The average Bonchev–Trinajstić information content (AvgIpc) is 3.07. The molecule has 0 atom stereocenters. The standard InChI is InChI=1S/C23H25N3O3S/c1-4-29-19-11-9-18(10-12-19)22(28)24-14-21(27)26-23-25-16(3)20(30-23)13-17-7-5-15(2)6-8-17/h5-12H,4,13-14H2,1-3H3,(H,24,28)(H,25,26,27). The van der Waals surface area contributed by atoms with E-state index in [2.05, 4.69) is 46.8 Å². The van der Waals surface area contributed by atoms with E-state index in [1.54, 1.807) is 24.3 Å². The molecule has 1 aromatic heterocycles. The third-order valence-electron chi connectivity index (χ3n) is 4.46. The fraction of sp³-hybridized carbons (Fsp3) is 0.261. The number of amides is 2. The molecule has 0 radical (unpaired) electrons. The van der Waals surface area contributed by atoms with Crippen molar-refractivity contribution >= 4 is 28.3 Å². The fourth-order valence-corrected chi connectivity index (χ4v) is 3.85. The molecule has 0 aliphatic carbocycles. The minimum Gasteiger partial charge on any atom is -0.494 e. The van der Waals surface area contributed by atoms with Gasteiger partial charge in [0.1, 0.15) is 5.75 Å². The summed E-state index contributed by atoms with van der Waals surface area (Å²) in [6, 6.07) is 15.2. The summed E-state index contributed by atoms with van der Waals surface area (Å²) in [7, 11) is 0. The number of thiazole rings is 1. The van der Waals surface area contributed by atoms with Gasteiger partial charge in [0.25, 0.3) is 5.91 Å². The van der Waals surface area contributed by atoms with Crippen LogP contribution < -0.4 is 15.4 Å². The lowest BCUT2D eigenvalue weighted by atomic mass is 10.1. The minimum atomic E-state index is -0.316. The number of benzene rings is 2. The number of ether oxygens (including phenoxy) is 1. The number of nitrogens with zero attached hydrogens (tertiary/aromatic N) is 1. The minimum absolute atomic E-state index is 0.127. The quantitative estimate of drug-likeness (QED) is 0.571. The van der Waals surface area contributed by atoms with E-state index in [9.17, 15) is 9.59 Å². The molecular formula is C23H25N3O3S. The van der Waals surface area contributed by atoms with Gasteiger partial charge in [0, 0.05) is 16.9 Å². The molecule has 0 saturated heterocycles. The molecule has 0 saturated carbocycles. The lowest BCUT2D eigenvalue weighted by Gasteiger charge is -2.06. The van der Waals surface area contributed by atoms with E-state index in [1.807, 2.05) is 13.8 Å². The van der Waals surface area contributed by atoms with Crippen LogP contribution in [0.25, 0.3) is 0 Å². The second-order valence-electron chi connectivity index (χ2n) is 6.88. The van der Waals surface area contributed by atoms with Crippen molar-refractivity contribution < 1.29 is 14.3 Å². The van der Waals surface area contributed by atoms with Crippen molar-refractivity contribution in [2.45, 2.75) is 27.2 Å². The van der Waals surface area contributed by atoms with Gasteiger partial charge < -0.3 is 15.4 Å². The number of aryl methyl sites for hydroxylation is 2. The Morgan fingerprint density at radius 3 is 2.40 bits per heavy atom. The van der Waals surface area contributed by atoms with Gasteiger partial charge in [0.2, 0.25) is 5.91 Å². The predicted octanol–water partition coefficient (Wildman–Crippen LogP) is 4.12. The number of carbonyl (C=O) groups is 2. The van der Waals surface area contributed by atoms with Gasteiger partial charge in [-0.25, -0.2) is 4.98 Å². The summed E-state index contributed by atoms with van der Waals surface area (Å²) in [5, 5.41) is 5.92. The molecule has 2 aromatic carbocycles. The number of hydrogen-bond acceptors (Lipinski definition) is 5. The Labute approximate surface area is 180 Å². The third-order valence-corrected chi connectivity index (χ3v) is 5.53. The van der Waals surface area contributed by atoms with Gasteiger partial charge in [-0.05, 0) is 50.6 Å². The summed E-state index contributed by atoms with van der Waals surface area (Å²) < 4.78 is 5.36. The monoisotopic (exact) mass is 423 g/mol. The van der Waals surface area contributed by atoms with Crippen molar-refractivity contribution in [2.24, 2.45) is 0 Å². The van der Waals surface area contributed by atoms with Crippen molar-refractivity contribution in [3.8, 4) is 5.75 Å². The summed E-state index contributed by atoms with van der Waals surface area (Å²) >= 11 is 1.45. The Morgan fingerprint density at radius 2 is 1.73 bits per heavy atom. The zero-order chi connectivity index (χ0) is 21.5. The summed E-state index contributed by atoms with van der Waals surface area (Å²) in [5.41, 5.74) is 3.79. The molecule has 7 heteroatoms. The topological polar surface area (TPSA) is 80.3 Å². The molecule has 30 heavy (non-hydrogen) atoms. The van der Waals surface area contributed by atoms with Crippen LogP contribution in [0.2, 0.25) is 0 Å². The molecule has 2 amide bonds. The molecule has 0 spiro atoms. The van der Waals surface area contributed by atoms with E-state index in [-0.39, 0.29) is 18.4 Å². The third kappa shape index (κ3) is 5.90. The van der Waals surface area contributed by atoms with Crippen LogP contribution in [0.5, 0.6) is 5.75 Å². The Morgan fingerprint density at radius 1 is 1.03 bits per heavy atom. The molecule has 0 fully saturated rings. The van der Waals surface area contributed by atoms with Crippen molar-refractivity contribution in [2.75, 3.05) is 18.5 Å².